The Balaban J connectivity index is 2.12. The molecule has 0 atom stereocenters. The Morgan fingerprint density at radius 1 is 1.28 bits per heavy atom. The largest absolute Gasteiger partial charge is 0.495 e. The monoisotopic (exact) mass is 383 g/mol. The third kappa shape index (κ3) is 5.51. The minimum atomic E-state index is -3.33. The molecule has 1 heterocycles. The van der Waals surface area contributed by atoms with Crippen LogP contribution in [0.4, 0.5) is 17.2 Å². The number of unbranched alkanes of at least 4 members (excludes halogenated alkanes) is 1. The molecule has 0 radical (unpaired) electrons. The SMILES string of the molecule is CCCCS(=O)(=O)Nc1ccc(Nc2cc(C)c(Cl)cc2OC)nc1. The van der Waals surface area contributed by atoms with Gasteiger partial charge in [0.05, 0.1) is 30.4 Å². The van der Waals surface area contributed by atoms with Crippen molar-refractivity contribution in [1.29, 1.82) is 0 Å². The molecule has 6 nitrogen and oxygen atoms in total. The molecule has 8 heteroatoms. The third-order valence-corrected chi connectivity index (χ3v) is 5.33. The van der Waals surface area contributed by atoms with Crippen molar-refractivity contribution in [2.75, 3.05) is 22.9 Å². The van der Waals surface area contributed by atoms with E-state index in [1.807, 2.05) is 19.9 Å². The van der Waals surface area contributed by atoms with Crippen molar-refractivity contribution in [3.8, 4) is 5.75 Å². The van der Waals surface area contributed by atoms with Gasteiger partial charge < -0.3 is 10.1 Å². The first-order valence-corrected chi connectivity index (χ1v) is 9.95. The number of nitrogens with one attached hydrogen (secondary N) is 2. The molecule has 0 fully saturated rings. The van der Waals surface area contributed by atoms with E-state index in [0.29, 0.717) is 28.7 Å². The first kappa shape index (κ1) is 19.3. The van der Waals surface area contributed by atoms with Crippen LogP contribution in [0.3, 0.4) is 0 Å². The van der Waals surface area contributed by atoms with Gasteiger partial charge in [-0.2, -0.15) is 0 Å². The summed E-state index contributed by atoms with van der Waals surface area (Å²) in [5.41, 5.74) is 2.07. The van der Waals surface area contributed by atoms with Crippen LogP contribution in [-0.4, -0.2) is 26.3 Å². The van der Waals surface area contributed by atoms with Gasteiger partial charge in [0.25, 0.3) is 0 Å². The van der Waals surface area contributed by atoms with Crippen molar-refractivity contribution in [2.45, 2.75) is 26.7 Å². The van der Waals surface area contributed by atoms with Crippen LogP contribution in [-0.2, 0) is 10.0 Å². The Morgan fingerprint density at radius 2 is 2.04 bits per heavy atom. The molecule has 0 aliphatic heterocycles. The summed E-state index contributed by atoms with van der Waals surface area (Å²) in [5.74, 6) is 1.27. The van der Waals surface area contributed by atoms with E-state index in [9.17, 15) is 8.42 Å². The topological polar surface area (TPSA) is 80.3 Å². The molecular weight excluding hydrogens is 362 g/mol. The third-order valence-electron chi connectivity index (χ3n) is 3.55. The quantitative estimate of drug-likeness (QED) is 0.708. The number of benzene rings is 1. The number of nitrogens with zero attached hydrogens (tertiary/aromatic N) is 1. The summed E-state index contributed by atoms with van der Waals surface area (Å²) < 4.78 is 31.6. The summed E-state index contributed by atoms with van der Waals surface area (Å²) in [5, 5.41) is 3.76. The maximum Gasteiger partial charge on any atom is 0.232 e. The lowest BCUT2D eigenvalue weighted by Gasteiger charge is -2.13. The van der Waals surface area contributed by atoms with Gasteiger partial charge in [-0.25, -0.2) is 13.4 Å². The van der Waals surface area contributed by atoms with Crippen LogP contribution in [0.15, 0.2) is 30.5 Å². The van der Waals surface area contributed by atoms with E-state index in [0.717, 1.165) is 17.7 Å². The Morgan fingerprint density at radius 3 is 2.64 bits per heavy atom. The van der Waals surface area contributed by atoms with Crippen molar-refractivity contribution >= 4 is 38.8 Å². The van der Waals surface area contributed by atoms with Crippen molar-refractivity contribution in [1.82, 2.24) is 4.98 Å². The fraction of sp³-hybridized carbons (Fsp3) is 0.353. The number of hydrogen-bond acceptors (Lipinski definition) is 5. The highest BCUT2D eigenvalue weighted by molar-refractivity contribution is 7.92. The van der Waals surface area contributed by atoms with Crippen LogP contribution < -0.4 is 14.8 Å². The number of anilines is 3. The van der Waals surface area contributed by atoms with Gasteiger partial charge in [-0.15, -0.1) is 0 Å². The van der Waals surface area contributed by atoms with Gasteiger partial charge in [-0.1, -0.05) is 24.9 Å². The standard InChI is InChI=1S/C17H22ClN3O3S/c1-4-5-8-25(22,23)21-13-6-7-17(19-11-13)20-15-9-12(2)14(18)10-16(15)24-3/h6-7,9-11,21H,4-5,8H2,1-3H3,(H,19,20). The average molecular weight is 384 g/mol. The Hall–Kier alpha value is -1.99. The number of methoxy groups -OCH3 is 1. The number of hydrogen-bond donors (Lipinski definition) is 2. The van der Waals surface area contributed by atoms with E-state index < -0.39 is 10.0 Å². The maximum absolute atomic E-state index is 11.9. The van der Waals surface area contributed by atoms with Crippen molar-refractivity contribution in [2.24, 2.45) is 0 Å². The molecule has 0 spiro atoms. The normalized spacial score (nSPS) is 11.2. The van der Waals surface area contributed by atoms with Crippen molar-refractivity contribution in [3.05, 3.63) is 41.0 Å². The van der Waals surface area contributed by atoms with E-state index in [-0.39, 0.29) is 5.75 Å². The van der Waals surface area contributed by atoms with Crippen LogP contribution in [0.1, 0.15) is 25.3 Å². The summed E-state index contributed by atoms with van der Waals surface area (Å²) in [7, 11) is -1.77. The van der Waals surface area contributed by atoms with Gasteiger partial charge in [0.15, 0.2) is 0 Å². The van der Waals surface area contributed by atoms with Gasteiger partial charge in [0.2, 0.25) is 10.0 Å². The molecule has 0 unspecified atom stereocenters. The minimum Gasteiger partial charge on any atom is -0.495 e. The molecule has 0 bridgehead atoms. The summed E-state index contributed by atoms with van der Waals surface area (Å²) >= 11 is 6.10. The molecule has 136 valence electrons. The zero-order valence-corrected chi connectivity index (χ0v) is 16.0. The zero-order chi connectivity index (χ0) is 18.4. The van der Waals surface area contributed by atoms with E-state index in [1.165, 1.54) is 6.20 Å². The highest BCUT2D eigenvalue weighted by atomic mass is 35.5. The Bertz CT molecular complexity index is 824. The molecule has 25 heavy (non-hydrogen) atoms. The average Bonchev–Trinajstić information content (AvgIpc) is 2.57. The predicted molar refractivity (Wildman–Crippen MR) is 103 cm³/mol. The number of halogens is 1. The van der Waals surface area contributed by atoms with Crippen molar-refractivity contribution in [3.63, 3.8) is 0 Å². The molecule has 0 aliphatic carbocycles. The van der Waals surface area contributed by atoms with Crippen molar-refractivity contribution < 1.29 is 13.2 Å². The van der Waals surface area contributed by atoms with Crippen LogP contribution in [0.25, 0.3) is 0 Å². The first-order chi connectivity index (χ1) is 11.8. The Labute approximate surface area is 153 Å². The second-order valence-electron chi connectivity index (χ2n) is 5.63. The maximum atomic E-state index is 11.9. The number of ether oxygens (including phenoxy) is 1. The molecule has 2 N–H and O–H groups in total. The van der Waals surface area contributed by atoms with E-state index in [4.69, 9.17) is 16.3 Å². The zero-order valence-electron chi connectivity index (χ0n) is 14.5. The van der Waals surface area contributed by atoms with Crippen LogP contribution in [0.5, 0.6) is 5.75 Å². The first-order valence-electron chi connectivity index (χ1n) is 7.92. The molecule has 1 aromatic heterocycles. The van der Waals surface area contributed by atoms with Crippen LogP contribution in [0, 0.1) is 6.92 Å². The molecular formula is C17H22ClN3O3S. The number of pyridine rings is 1. The summed E-state index contributed by atoms with van der Waals surface area (Å²) in [6.07, 6.45) is 2.92. The molecule has 0 amide bonds. The van der Waals surface area contributed by atoms with E-state index >= 15 is 0 Å². The lowest BCUT2D eigenvalue weighted by Crippen LogP contribution is -2.16. The minimum absolute atomic E-state index is 0.102. The smallest absolute Gasteiger partial charge is 0.232 e. The molecule has 1 aromatic carbocycles. The molecule has 2 rings (SSSR count). The molecule has 0 aliphatic rings. The summed E-state index contributed by atoms with van der Waals surface area (Å²) in [4.78, 5) is 4.24. The summed E-state index contributed by atoms with van der Waals surface area (Å²) in [6.45, 7) is 3.85. The highest BCUT2D eigenvalue weighted by Gasteiger charge is 2.11. The second-order valence-corrected chi connectivity index (χ2v) is 7.88. The fourth-order valence-corrected chi connectivity index (χ4v) is 3.57. The number of rotatable bonds is 8. The number of aryl methyl sites for hydroxylation is 1. The highest BCUT2D eigenvalue weighted by Crippen LogP contribution is 2.32. The van der Waals surface area contributed by atoms with Gasteiger partial charge >= 0.3 is 0 Å². The molecule has 0 saturated carbocycles. The van der Waals surface area contributed by atoms with Crippen LogP contribution >= 0.6 is 11.6 Å². The van der Waals surface area contributed by atoms with E-state index in [1.54, 1.807) is 25.3 Å². The lowest BCUT2D eigenvalue weighted by atomic mass is 10.2. The van der Waals surface area contributed by atoms with E-state index in [2.05, 4.69) is 15.0 Å². The fourth-order valence-electron chi connectivity index (χ4n) is 2.16. The number of sulfonamides is 1. The lowest BCUT2D eigenvalue weighted by molar-refractivity contribution is 0.416. The van der Waals surface area contributed by atoms with Gasteiger partial charge in [0, 0.05) is 11.1 Å². The predicted octanol–water partition coefficient (Wildman–Crippen LogP) is 4.34. The molecule has 2 aromatic rings. The van der Waals surface area contributed by atoms with Crippen LogP contribution in [0.2, 0.25) is 5.02 Å². The second kappa shape index (κ2) is 8.40. The van der Waals surface area contributed by atoms with Gasteiger partial charge in [-0.05, 0) is 37.1 Å². The van der Waals surface area contributed by atoms with Gasteiger partial charge in [0.1, 0.15) is 11.6 Å². The Kier molecular flexibility index (Phi) is 6.50. The van der Waals surface area contributed by atoms with Gasteiger partial charge in [-0.3, -0.25) is 4.72 Å². The number of aromatic nitrogens is 1. The summed E-state index contributed by atoms with van der Waals surface area (Å²) in [6, 6.07) is 6.95. The molecule has 0 saturated heterocycles.